The van der Waals surface area contributed by atoms with Crippen LogP contribution in [0.5, 0.6) is 5.75 Å². The summed E-state index contributed by atoms with van der Waals surface area (Å²) in [5.74, 6) is 0.891. The number of allylic oxidation sites excluding steroid dienone is 1. The van der Waals surface area contributed by atoms with E-state index in [0.29, 0.717) is 12.8 Å². The molecule has 3 rings (SSSR count). The molecule has 1 atom stereocenters. The van der Waals surface area contributed by atoms with Crippen LogP contribution in [0.15, 0.2) is 49.1 Å². The maximum absolute atomic E-state index is 12.9. The normalized spacial score (nSPS) is 19.9. The Morgan fingerprint density at radius 1 is 1.26 bits per heavy atom. The molecule has 0 aromatic heterocycles. The van der Waals surface area contributed by atoms with Crippen LogP contribution in [0, 0.1) is 13.8 Å². The van der Waals surface area contributed by atoms with Crippen LogP contribution in [-0.4, -0.2) is 5.78 Å². The van der Waals surface area contributed by atoms with Gasteiger partial charge in [0.15, 0.2) is 5.78 Å². The van der Waals surface area contributed by atoms with Gasteiger partial charge in [-0.3, -0.25) is 4.79 Å². The van der Waals surface area contributed by atoms with Crippen LogP contribution in [0.3, 0.4) is 0 Å². The topological polar surface area (TPSA) is 26.3 Å². The summed E-state index contributed by atoms with van der Waals surface area (Å²) in [4.78, 5) is 12.9. The molecule has 2 aromatic carbocycles. The van der Waals surface area contributed by atoms with E-state index in [1.807, 2.05) is 50.3 Å². The number of Topliss-reactive ketones (excluding diaryl/α,β-unsaturated/α-hetero) is 1. The maximum atomic E-state index is 12.9. The van der Waals surface area contributed by atoms with E-state index in [1.165, 1.54) is 0 Å². The van der Waals surface area contributed by atoms with Crippen LogP contribution >= 0.6 is 0 Å². The molecule has 0 aliphatic carbocycles. The second-order valence-corrected chi connectivity index (χ2v) is 6.47. The van der Waals surface area contributed by atoms with Crippen LogP contribution in [0.1, 0.15) is 46.0 Å². The fourth-order valence-electron chi connectivity index (χ4n) is 3.31. The van der Waals surface area contributed by atoms with E-state index in [2.05, 4.69) is 19.6 Å². The third-order valence-corrected chi connectivity index (χ3v) is 4.72. The van der Waals surface area contributed by atoms with Gasteiger partial charge in [0.25, 0.3) is 0 Å². The molecule has 1 aliphatic rings. The van der Waals surface area contributed by atoms with Crippen LogP contribution in [-0.2, 0) is 12.0 Å². The molecule has 0 radical (unpaired) electrons. The number of ketones is 1. The van der Waals surface area contributed by atoms with Crippen molar-refractivity contribution in [2.24, 2.45) is 0 Å². The molecule has 2 heteroatoms. The largest absolute Gasteiger partial charge is 0.481 e. The quantitative estimate of drug-likeness (QED) is 0.753. The van der Waals surface area contributed by atoms with E-state index in [0.717, 1.165) is 33.6 Å². The minimum absolute atomic E-state index is 0.151. The number of carbonyl (C=O) groups excluding carboxylic acids is 1. The Kier molecular flexibility index (Phi) is 3.85. The standard InChI is InChI=1S/C21H22O2/c1-5-9-16-12-14(2)15(3)20-19(16)18(22)13-21(4,23-20)17-10-7-6-8-11-17/h5-8,10-12H,1,9,13H2,2-4H3. The Morgan fingerprint density at radius 2 is 1.96 bits per heavy atom. The predicted molar refractivity (Wildman–Crippen MR) is 93.2 cm³/mol. The molecule has 0 bridgehead atoms. The minimum atomic E-state index is -0.616. The number of hydrogen-bond acceptors (Lipinski definition) is 2. The van der Waals surface area contributed by atoms with E-state index < -0.39 is 5.60 Å². The molecule has 0 N–H and O–H groups in total. The van der Waals surface area contributed by atoms with Gasteiger partial charge in [0, 0.05) is 0 Å². The summed E-state index contributed by atoms with van der Waals surface area (Å²) in [6.07, 6.45) is 2.87. The number of hydrogen-bond donors (Lipinski definition) is 0. The van der Waals surface area contributed by atoms with Gasteiger partial charge in [0.05, 0.1) is 12.0 Å². The van der Waals surface area contributed by atoms with Crippen LogP contribution in [0.4, 0.5) is 0 Å². The highest BCUT2D eigenvalue weighted by molar-refractivity contribution is 6.02. The molecule has 0 saturated carbocycles. The Hall–Kier alpha value is -2.35. The maximum Gasteiger partial charge on any atom is 0.171 e. The van der Waals surface area contributed by atoms with E-state index >= 15 is 0 Å². The summed E-state index contributed by atoms with van der Waals surface area (Å²) >= 11 is 0. The average Bonchev–Trinajstić information content (AvgIpc) is 2.53. The van der Waals surface area contributed by atoms with Crippen molar-refractivity contribution in [3.05, 3.63) is 76.9 Å². The van der Waals surface area contributed by atoms with E-state index in [1.54, 1.807) is 0 Å². The summed E-state index contributed by atoms with van der Waals surface area (Å²) in [5.41, 5.74) is 4.36. The summed E-state index contributed by atoms with van der Waals surface area (Å²) < 4.78 is 6.42. The van der Waals surface area contributed by atoms with Crippen molar-refractivity contribution in [1.29, 1.82) is 0 Å². The number of rotatable bonds is 3. The highest BCUT2D eigenvalue weighted by atomic mass is 16.5. The van der Waals surface area contributed by atoms with Crippen LogP contribution in [0.2, 0.25) is 0 Å². The first-order valence-electron chi connectivity index (χ1n) is 7.98. The number of carbonyl (C=O) groups is 1. The fraction of sp³-hybridized carbons (Fsp3) is 0.286. The highest BCUT2D eigenvalue weighted by Gasteiger charge is 2.39. The minimum Gasteiger partial charge on any atom is -0.481 e. The van der Waals surface area contributed by atoms with Crippen molar-refractivity contribution in [2.75, 3.05) is 0 Å². The van der Waals surface area contributed by atoms with Crippen molar-refractivity contribution in [1.82, 2.24) is 0 Å². The molecule has 0 amide bonds. The molecule has 0 spiro atoms. The van der Waals surface area contributed by atoms with Crippen molar-refractivity contribution in [3.63, 3.8) is 0 Å². The van der Waals surface area contributed by atoms with Crippen molar-refractivity contribution in [2.45, 2.75) is 39.2 Å². The molecule has 1 unspecified atom stereocenters. The Morgan fingerprint density at radius 3 is 2.61 bits per heavy atom. The first kappa shape index (κ1) is 15.5. The van der Waals surface area contributed by atoms with Gasteiger partial charge in [-0.05, 0) is 49.4 Å². The zero-order valence-corrected chi connectivity index (χ0v) is 14.0. The zero-order valence-electron chi connectivity index (χ0n) is 14.0. The lowest BCUT2D eigenvalue weighted by Crippen LogP contribution is -2.37. The van der Waals surface area contributed by atoms with E-state index in [9.17, 15) is 4.79 Å². The molecular formula is C21H22O2. The molecule has 1 heterocycles. The van der Waals surface area contributed by atoms with Gasteiger partial charge in [0.2, 0.25) is 0 Å². The molecule has 0 saturated heterocycles. The first-order chi connectivity index (χ1) is 11.0. The third kappa shape index (κ3) is 2.59. The third-order valence-electron chi connectivity index (χ3n) is 4.72. The summed E-state index contributed by atoms with van der Waals surface area (Å²) in [7, 11) is 0. The molecule has 0 fully saturated rings. The van der Waals surface area contributed by atoms with Crippen molar-refractivity contribution >= 4 is 5.78 Å². The first-order valence-corrected chi connectivity index (χ1v) is 7.98. The molecule has 2 nitrogen and oxygen atoms in total. The lowest BCUT2D eigenvalue weighted by Gasteiger charge is -2.37. The van der Waals surface area contributed by atoms with Crippen molar-refractivity contribution < 1.29 is 9.53 Å². The molecule has 23 heavy (non-hydrogen) atoms. The molecular weight excluding hydrogens is 284 g/mol. The second kappa shape index (κ2) is 5.69. The average molecular weight is 306 g/mol. The monoisotopic (exact) mass is 306 g/mol. The number of aryl methyl sites for hydroxylation is 1. The van der Waals surface area contributed by atoms with Crippen molar-refractivity contribution in [3.8, 4) is 5.75 Å². The van der Waals surface area contributed by atoms with Gasteiger partial charge in [0.1, 0.15) is 11.4 Å². The van der Waals surface area contributed by atoms with Gasteiger partial charge >= 0.3 is 0 Å². The van der Waals surface area contributed by atoms with Crippen LogP contribution in [0.25, 0.3) is 0 Å². The van der Waals surface area contributed by atoms with Gasteiger partial charge in [-0.25, -0.2) is 0 Å². The van der Waals surface area contributed by atoms with E-state index in [4.69, 9.17) is 4.74 Å². The van der Waals surface area contributed by atoms with Crippen LogP contribution < -0.4 is 4.74 Å². The molecule has 118 valence electrons. The molecule has 1 aliphatic heterocycles. The second-order valence-electron chi connectivity index (χ2n) is 6.47. The van der Waals surface area contributed by atoms with Gasteiger partial charge in [-0.15, -0.1) is 6.58 Å². The Bertz CT molecular complexity index is 774. The fourth-order valence-corrected chi connectivity index (χ4v) is 3.31. The highest BCUT2D eigenvalue weighted by Crippen LogP contribution is 2.43. The van der Waals surface area contributed by atoms with Gasteiger partial charge in [-0.2, -0.15) is 0 Å². The number of fused-ring (bicyclic) bond motifs is 1. The van der Waals surface area contributed by atoms with Gasteiger partial charge < -0.3 is 4.74 Å². The summed E-state index contributed by atoms with van der Waals surface area (Å²) in [6.45, 7) is 9.89. The Balaban J connectivity index is 2.17. The summed E-state index contributed by atoms with van der Waals surface area (Å²) in [6, 6.07) is 12.1. The smallest absolute Gasteiger partial charge is 0.171 e. The lowest BCUT2D eigenvalue weighted by molar-refractivity contribution is 0.0496. The van der Waals surface area contributed by atoms with Gasteiger partial charge in [-0.1, -0.05) is 42.5 Å². The lowest BCUT2D eigenvalue weighted by atomic mass is 9.82. The predicted octanol–water partition coefficient (Wildman–Crippen LogP) is 4.91. The van der Waals surface area contributed by atoms with E-state index in [-0.39, 0.29) is 5.78 Å². The zero-order chi connectivity index (χ0) is 16.6. The summed E-state index contributed by atoms with van der Waals surface area (Å²) in [5, 5.41) is 0. The number of ether oxygens (including phenoxy) is 1. The SMILES string of the molecule is C=CCc1cc(C)c(C)c2c1C(=O)CC(C)(c1ccccc1)O2. The Labute approximate surface area is 137 Å². The number of benzene rings is 2. The molecule has 2 aromatic rings.